The van der Waals surface area contributed by atoms with Gasteiger partial charge in [-0.3, -0.25) is 14.0 Å². The number of carboxylic acid groups (broad SMARTS) is 1. The number of amides is 1. The number of hydrogen-bond donors (Lipinski definition) is 2. The molecular formula is C26H28ClN3O3. The van der Waals surface area contributed by atoms with Crippen LogP contribution in [0.4, 0.5) is 0 Å². The van der Waals surface area contributed by atoms with Crippen molar-refractivity contribution in [2.45, 2.75) is 44.4 Å². The zero-order chi connectivity index (χ0) is 22.9. The molecule has 0 radical (unpaired) electrons. The molecule has 0 aliphatic heterocycles. The minimum Gasteiger partial charge on any atom is -0.481 e. The molecule has 4 unspecified atom stereocenters. The van der Waals surface area contributed by atoms with E-state index in [4.69, 9.17) is 11.6 Å². The lowest BCUT2D eigenvalue weighted by molar-refractivity contribution is -0.138. The smallest absolute Gasteiger partial charge is 0.312 e. The Labute approximate surface area is 198 Å². The van der Waals surface area contributed by atoms with E-state index in [1.807, 2.05) is 6.07 Å². The number of aromatic nitrogens is 2. The Morgan fingerprint density at radius 3 is 2.82 bits per heavy atom. The number of rotatable bonds is 7. The van der Waals surface area contributed by atoms with Gasteiger partial charge in [0.1, 0.15) is 17.3 Å². The number of carbonyl (C=O) groups excluding carboxylic acids is 1. The normalized spacial score (nSPS) is 22.9. The molecule has 0 bridgehead atoms. The number of imidazole rings is 1. The molecule has 5 rings (SSSR count). The molecule has 172 valence electrons. The maximum atomic E-state index is 13.0. The Hall–Kier alpha value is -2.86. The Bertz CT molecular complexity index is 1190. The minimum absolute atomic E-state index is 0.150. The lowest BCUT2D eigenvalue weighted by Crippen LogP contribution is -2.30. The van der Waals surface area contributed by atoms with E-state index in [2.05, 4.69) is 10.3 Å². The van der Waals surface area contributed by atoms with Crippen molar-refractivity contribution in [2.24, 2.45) is 17.8 Å². The van der Waals surface area contributed by atoms with Gasteiger partial charge in [0.15, 0.2) is 0 Å². The van der Waals surface area contributed by atoms with Gasteiger partial charge in [-0.15, -0.1) is 0 Å². The third-order valence-electron chi connectivity index (χ3n) is 7.17. The molecule has 3 aromatic rings. The van der Waals surface area contributed by atoms with Crippen LogP contribution in [0.25, 0.3) is 5.65 Å². The summed E-state index contributed by atoms with van der Waals surface area (Å²) in [6, 6.07) is 12.5. The minimum atomic E-state index is -0.962. The van der Waals surface area contributed by atoms with Crippen LogP contribution in [0.15, 0.2) is 48.7 Å². The van der Waals surface area contributed by atoms with Crippen molar-refractivity contribution in [2.75, 3.05) is 6.54 Å². The van der Waals surface area contributed by atoms with E-state index in [1.165, 1.54) is 32.1 Å². The highest BCUT2D eigenvalue weighted by molar-refractivity contribution is 6.30. The van der Waals surface area contributed by atoms with Crippen LogP contribution in [-0.4, -0.2) is 32.9 Å². The van der Waals surface area contributed by atoms with Crippen LogP contribution in [0.1, 0.15) is 59.8 Å². The largest absolute Gasteiger partial charge is 0.481 e. The summed E-state index contributed by atoms with van der Waals surface area (Å²) in [6.07, 6.45) is 8.29. The van der Waals surface area contributed by atoms with E-state index in [-0.39, 0.29) is 12.3 Å². The molecule has 1 amide bonds. The van der Waals surface area contributed by atoms with Crippen molar-refractivity contribution in [3.05, 3.63) is 70.6 Å². The van der Waals surface area contributed by atoms with Crippen molar-refractivity contribution < 1.29 is 14.7 Å². The van der Waals surface area contributed by atoms with Gasteiger partial charge in [0.2, 0.25) is 0 Å². The SMILES string of the molecule is O=C(NCC1CCCC2CC2C1)c1cccc2nc(C(Cc3cccc(Cl)c3)C(=O)O)cn12. The maximum absolute atomic E-state index is 13.0. The molecule has 7 heteroatoms. The van der Waals surface area contributed by atoms with Crippen molar-refractivity contribution in [1.82, 2.24) is 14.7 Å². The summed E-state index contributed by atoms with van der Waals surface area (Å²) in [6.45, 7) is 0.687. The monoisotopic (exact) mass is 465 g/mol. The second-order valence-electron chi connectivity index (χ2n) is 9.53. The zero-order valence-corrected chi connectivity index (χ0v) is 19.2. The van der Waals surface area contributed by atoms with E-state index in [9.17, 15) is 14.7 Å². The van der Waals surface area contributed by atoms with E-state index >= 15 is 0 Å². The highest BCUT2D eigenvalue weighted by Crippen LogP contribution is 2.49. The average molecular weight is 466 g/mol. The molecule has 2 aliphatic carbocycles. The third-order valence-corrected chi connectivity index (χ3v) is 7.41. The third kappa shape index (κ3) is 4.91. The Morgan fingerprint density at radius 1 is 1.15 bits per heavy atom. The van der Waals surface area contributed by atoms with Crippen molar-refractivity contribution in [1.29, 1.82) is 0 Å². The summed E-state index contributed by atoms with van der Waals surface area (Å²) in [7, 11) is 0. The molecule has 0 spiro atoms. The van der Waals surface area contributed by atoms with Gasteiger partial charge < -0.3 is 10.4 Å². The number of aliphatic carboxylic acids is 1. The number of carbonyl (C=O) groups is 2. The molecule has 4 atom stereocenters. The second-order valence-corrected chi connectivity index (χ2v) is 9.96. The fraction of sp³-hybridized carbons (Fsp3) is 0.423. The van der Waals surface area contributed by atoms with Gasteiger partial charge >= 0.3 is 5.97 Å². The summed E-state index contributed by atoms with van der Waals surface area (Å²) in [5.41, 5.74) is 2.28. The number of fused-ring (bicyclic) bond motifs is 2. The quantitative estimate of drug-likeness (QED) is 0.516. The summed E-state index contributed by atoms with van der Waals surface area (Å²) in [4.78, 5) is 29.6. The average Bonchev–Trinajstić information content (AvgIpc) is 3.42. The van der Waals surface area contributed by atoms with Gasteiger partial charge in [0.05, 0.1) is 5.69 Å². The molecule has 6 nitrogen and oxygen atoms in total. The number of halogens is 1. The van der Waals surface area contributed by atoms with Crippen molar-refractivity contribution in [3.63, 3.8) is 0 Å². The molecular weight excluding hydrogens is 438 g/mol. The number of pyridine rings is 1. The molecule has 0 saturated heterocycles. The van der Waals surface area contributed by atoms with Gasteiger partial charge in [-0.05, 0) is 73.3 Å². The van der Waals surface area contributed by atoms with E-state index in [0.717, 1.165) is 17.4 Å². The summed E-state index contributed by atoms with van der Waals surface area (Å²) in [5, 5.41) is 13.6. The molecule has 1 aromatic carbocycles. The first-order chi connectivity index (χ1) is 16.0. The van der Waals surface area contributed by atoms with Gasteiger partial charge in [0, 0.05) is 17.8 Å². The molecule has 2 aliphatic rings. The summed E-state index contributed by atoms with van der Waals surface area (Å²) >= 11 is 6.07. The van der Waals surface area contributed by atoms with Crippen LogP contribution in [0, 0.1) is 17.8 Å². The number of nitrogens with one attached hydrogen (secondary N) is 1. The topological polar surface area (TPSA) is 83.7 Å². The van der Waals surface area contributed by atoms with E-state index < -0.39 is 11.9 Å². The van der Waals surface area contributed by atoms with Crippen LogP contribution < -0.4 is 5.32 Å². The molecule has 33 heavy (non-hydrogen) atoms. The fourth-order valence-corrected chi connectivity index (χ4v) is 5.49. The molecule has 2 heterocycles. The van der Waals surface area contributed by atoms with Gasteiger partial charge in [-0.2, -0.15) is 0 Å². The standard InChI is InChI=1S/C26H28ClN3O3/c27-20-7-2-4-16(11-20)12-21(26(32)33)22-15-30-23(8-3-9-24(30)29-22)25(31)28-14-17-5-1-6-18-13-19(18)10-17/h2-4,7-9,11,15,17-19,21H,1,5-6,10,12-14H2,(H,28,31)(H,32,33). The highest BCUT2D eigenvalue weighted by atomic mass is 35.5. The molecule has 2 saturated carbocycles. The number of carboxylic acids is 1. The van der Waals surface area contributed by atoms with Crippen LogP contribution in [0.2, 0.25) is 5.02 Å². The van der Waals surface area contributed by atoms with Crippen LogP contribution in [0.5, 0.6) is 0 Å². The second kappa shape index (κ2) is 9.18. The van der Waals surface area contributed by atoms with E-state index in [1.54, 1.807) is 47.0 Å². The fourth-order valence-electron chi connectivity index (χ4n) is 5.28. The van der Waals surface area contributed by atoms with Gasteiger partial charge in [0.25, 0.3) is 5.91 Å². The zero-order valence-electron chi connectivity index (χ0n) is 18.4. The first-order valence-electron chi connectivity index (χ1n) is 11.7. The predicted octanol–water partition coefficient (Wildman–Crippen LogP) is 4.95. The number of benzene rings is 1. The molecule has 2 fully saturated rings. The molecule has 2 aromatic heterocycles. The Morgan fingerprint density at radius 2 is 2.00 bits per heavy atom. The van der Waals surface area contributed by atoms with Gasteiger partial charge in [-0.25, -0.2) is 4.98 Å². The van der Waals surface area contributed by atoms with Crippen molar-refractivity contribution in [3.8, 4) is 0 Å². The van der Waals surface area contributed by atoms with Crippen molar-refractivity contribution >= 4 is 29.1 Å². The highest BCUT2D eigenvalue weighted by Gasteiger charge is 2.39. The van der Waals surface area contributed by atoms with Crippen LogP contribution in [-0.2, 0) is 11.2 Å². The first kappa shape index (κ1) is 22.0. The lowest BCUT2D eigenvalue weighted by Gasteiger charge is -2.16. The number of nitrogens with zero attached hydrogens (tertiary/aromatic N) is 2. The first-order valence-corrected chi connectivity index (χ1v) is 12.1. The lowest BCUT2D eigenvalue weighted by atomic mass is 9.97. The molecule has 2 N–H and O–H groups in total. The number of hydrogen-bond acceptors (Lipinski definition) is 3. The van der Waals surface area contributed by atoms with Gasteiger partial charge in [-0.1, -0.05) is 42.6 Å². The van der Waals surface area contributed by atoms with E-state index in [0.29, 0.717) is 34.5 Å². The summed E-state index contributed by atoms with van der Waals surface area (Å²) in [5.74, 6) is 0.383. The summed E-state index contributed by atoms with van der Waals surface area (Å²) < 4.78 is 1.70. The Kier molecular flexibility index (Phi) is 6.11. The van der Waals surface area contributed by atoms with Crippen LogP contribution in [0.3, 0.4) is 0 Å². The maximum Gasteiger partial charge on any atom is 0.312 e. The predicted molar refractivity (Wildman–Crippen MR) is 127 cm³/mol. The van der Waals surface area contributed by atoms with Crippen LogP contribution >= 0.6 is 11.6 Å². The Balaban J connectivity index is 1.34.